The van der Waals surface area contributed by atoms with Crippen molar-refractivity contribution in [2.75, 3.05) is 24.2 Å². The van der Waals surface area contributed by atoms with Gasteiger partial charge in [-0.3, -0.25) is 19.8 Å². The van der Waals surface area contributed by atoms with Crippen molar-refractivity contribution < 1.29 is 29.0 Å². The number of nitrogens with zero attached hydrogens (tertiary/aromatic N) is 2. The SMILES string of the molecule is C=CCOC(=O)Nc1ccc(CN2CCC(=CC3=C(C(=O)O)N4C(=O)[C@@H](N)[C@H]4SC3)C2=O)cc1. The van der Waals surface area contributed by atoms with Crippen LogP contribution in [0.25, 0.3) is 0 Å². The molecule has 0 aliphatic carbocycles. The van der Waals surface area contributed by atoms with Crippen LogP contribution in [0.2, 0.25) is 0 Å². The molecule has 10 nitrogen and oxygen atoms in total. The van der Waals surface area contributed by atoms with Gasteiger partial charge in [0.2, 0.25) is 11.8 Å². The number of rotatable bonds is 7. The van der Waals surface area contributed by atoms with E-state index >= 15 is 0 Å². The van der Waals surface area contributed by atoms with E-state index in [1.54, 1.807) is 35.2 Å². The van der Waals surface area contributed by atoms with Crippen LogP contribution in [0.3, 0.4) is 0 Å². The largest absolute Gasteiger partial charge is 0.477 e. The first-order valence-corrected chi connectivity index (χ1v) is 11.6. The van der Waals surface area contributed by atoms with Gasteiger partial charge in [0.05, 0.1) is 0 Å². The minimum Gasteiger partial charge on any atom is -0.477 e. The molecule has 3 aliphatic heterocycles. The van der Waals surface area contributed by atoms with Crippen molar-refractivity contribution in [3.05, 3.63) is 65.4 Å². The Kier molecular flexibility index (Phi) is 6.75. The molecule has 1 aromatic rings. The molecule has 1 aromatic carbocycles. The van der Waals surface area contributed by atoms with Crippen LogP contribution >= 0.6 is 11.8 Å². The predicted molar refractivity (Wildman–Crippen MR) is 125 cm³/mol. The molecule has 11 heteroatoms. The standard InChI is InChI=1S/C23H24N4O6S/c1-2-9-33-23(32)25-16-5-3-13(4-6-16)11-26-8-7-14(19(26)28)10-15-12-34-21-17(24)20(29)27(21)18(15)22(30)31/h2-6,10,17,21H,1,7-9,11-12,24H2,(H,25,32)(H,30,31)/t17-,21-/m1/s1. The highest BCUT2D eigenvalue weighted by Crippen LogP contribution is 2.40. The van der Waals surface area contributed by atoms with E-state index in [1.165, 1.54) is 22.7 Å². The van der Waals surface area contributed by atoms with Gasteiger partial charge in [-0.25, -0.2) is 9.59 Å². The second-order valence-corrected chi connectivity index (χ2v) is 9.07. The molecule has 0 saturated carbocycles. The van der Waals surface area contributed by atoms with Gasteiger partial charge in [-0.1, -0.05) is 24.8 Å². The first-order valence-electron chi connectivity index (χ1n) is 10.6. The van der Waals surface area contributed by atoms with Gasteiger partial charge < -0.3 is 20.5 Å². The van der Waals surface area contributed by atoms with E-state index in [4.69, 9.17) is 10.5 Å². The number of thioether (sulfide) groups is 1. The molecule has 2 fully saturated rings. The third-order valence-corrected chi connectivity index (χ3v) is 7.03. The van der Waals surface area contributed by atoms with Crippen LogP contribution in [0.1, 0.15) is 12.0 Å². The molecule has 3 amide bonds. The van der Waals surface area contributed by atoms with E-state index in [9.17, 15) is 24.3 Å². The fourth-order valence-electron chi connectivity index (χ4n) is 4.02. The number of allylic oxidation sites excluding steroid dienone is 1. The fraction of sp³-hybridized carbons (Fsp3) is 0.304. The Balaban J connectivity index is 1.43. The first-order chi connectivity index (χ1) is 16.3. The molecule has 4 rings (SSSR count). The van der Waals surface area contributed by atoms with Gasteiger partial charge in [0.1, 0.15) is 23.7 Å². The Morgan fingerprint density at radius 2 is 2.03 bits per heavy atom. The van der Waals surface area contributed by atoms with E-state index in [0.29, 0.717) is 42.1 Å². The van der Waals surface area contributed by atoms with Gasteiger partial charge >= 0.3 is 12.1 Å². The summed E-state index contributed by atoms with van der Waals surface area (Å²) in [6.45, 7) is 4.46. The van der Waals surface area contributed by atoms with Gasteiger partial charge in [-0.15, -0.1) is 11.8 Å². The van der Waals surface area contributed by atoms with Crippen LogP contribution in [0.4, 0.5) is 10.5 Å². The van der Waals surface area contributed by atoms with Crippen molar-refractivity contribution in [3.63, 3.8) is 0 Å². The predicted octanol–water partition coefficient (Wildman–Crippen LogP) is 1.66. The number of aliphatic carboxylic acids is 1. The summed E-state index contributed by atoms with van der Waals surface area (Å²) in [5.41, 5.74) is 8.08. The summed E-state index contributed by atoms with van der Waals surface area (Å²) in [4.78, 5) is 51.4. The second-order valence-electron chi connectivity index (χ2n) is 7.97. The zero-order valence-electron chi connectivity index (χ0n) is 18.2. The van der Waals surface area contributed by atoms with Crippen LogP contribution in [0, 0.1) is 0 Å². The number of carboxylic acid groups (broad SMARTS) is 1. The molecule has 0 radical (unpaired) electrons. The minimum atomic E-state index is -1.21. The molecular formula is C23H24N4O6S. The molecule has 34 heavy (non-hydrogen) atoms. The summed E-state index contributed by atoms with van der Waals surface area (Å²) in [5.74, 6) is -1.44. The number of carboxylic acids is 1. The van der Waals surface area contributed by atoms with Crippen molar-refractivity contribution >= 4 is 41.3 Å². The summed E-state index contributed by atoms with van der Waals surface area (Å²) < 4.78 is 4.87. The van der Waals surface area contributed by atoms with E-state index in [0.717, 1.165) is 5.56 Å². The average Bonchev–Trinajstić information content (AvgIpc) is 3.16. The number of anilines is 1. The number of nitrogens with one attached hydrogen (secondary N) is 1. The highest BCUT2D eigenvalue weighted by atomic mass is 32.2. The molecule has 0 unspecified atom stereocenters. The number of β-lactam (4-membered cyclic amide) rings is 1. The number of amides is 3. The Bertz CT molecular complexity index is 1110. The highest BCUT2D eigenvalue weighted by Gasteiger charge is 2.51. The van der Waals surface area contributed by atoms with Crippen molar-refractivity contribution in [1.29, 1.82) is 0 Å². The molecule has 4 N–H and O–H groups in total. The molecule has 0 bridgehead atoms. The molecule has 3 aliphatic rings. The van der Waals surface area contributed by atoms with Crippen molar-refractivity contribution in [2.24, 2.45) is 5.73 Å². The topological polar surface area (TPSA) is 142 Å². The van der Waals surface area contributed by atoms with Gasteiger partial charge in [-0.05, 0) is 35.8 Å². The lowest BCUT2D eigenvalue weighted by Gasteiger charge is -2.47. The maximum absolute atomic E-state index is 12.9. The number of carbonyl (C=O) groups excluding carboxylic acids is 3. The van der Waals surface area contributed by atoms with Crippen LogP contribution in [0.5, 0.6) is 0 Å². The number of hydrogen-bond acceptors (Lipinski definition) is 7. The third kappa shape index (κ3) is 4.57. The van der Waals surface area contributed by atoms with Crippen molar-refractivity contribution in [2.45, 2.75) is 24.4 Å². The molecular weight excluding hydrogens is 460 g/mol. The van der Waals surface area contributed by atoms with E-state index < -0.39 is 24.0 Å². The van der Waals surface area contributed by atoms with Crippen molar-refractivity contribution in [1.82, 2.24) is 9.80 Å². The number of hydrogen-bond donors (Lipinski definition) is 3. The summed E-state index contributed by atoms with van der Waals surface area (Å²) in [5, 5.41) is 11.9. The fourth-order valence-corrected chi connectivity index (χ4v) is 5.27. The molecule has 178 valence electrons. The number of benzene rings is 1. The zero-order chi connectivity index (χ0) is 24.4. The van der Waals surface area contributed by atoms with Gasteiger partial charge in [0, 0.05) is 30.1 Å². The highest BCUT2D eigenvalue weighted by molar-refractivity contribution is 8.00. The first kappa shape index (κ1) is 23.6. The number of fused-ring (bicyclic) bond motifs is 1. The maximum atomic E-state index is 12.9. The summed E-state index contributed by atoms with van der Waals surface area (Å²) in [7, 11) is 0. The van der Waals surface area contributed by atoms with Crippen LogP contribution in [0.15, 0.2) is 59.8 Å². The molecule has 3 heterocycles. The monoisotopic (exact) mass is 484 g/mol. The van der Waals surface area contributed by atoms with Crippen LogP contribution in [-0.2, 0) is 25.7 Å². The smallest absolute Gasteiger partial charge is 0.411 e. The third-order valence-electron chi connectivity index (χ3n) is 5.71. The summed E-state index contributed by atoms with van der Waals surface area (Å²) in [6.07, 6.45) is 2.97. The Labute approximate surface area is 200 Å². The van der Waals surface area contributed by atoms with Gasteiger partial charge in [0.15, 0.2) is 0 Å². The summed E-state index contributed by atoms with van der Waals surface area (Å²) in [6, 6.07) is 6.35. The lowest BCUT2D eigenvalue weighted by Crippen LogP contribution is -2.68. The quantitative estimate of drug-likeness (QED) is 0.301. The minimum absolute atomic E-state index is 0.0936. The summed E-state index contributed by atoms with van der Waals surface area (Å²) >= 11 is 1.40. The Hall–Kier alpha value is -3.57. The number of likely N-dealkylation sites (tertiary alicyclic amines) is 1. The van der Waals surface area contributed by atoms with Crippen LogP contribution < -0.4 is 11.1 Å². The van der Waals surface area contributed by atoms with Gasteiger partial charge in [0.25, 0.3) is 0 Å². The van der Waals surface area contributed by atoms with Crippen LogP contribution in [-0.4, -0.2) is 69.1 Å². The number of nitrogens with two attached hydrogens (primary N) is 1. The normalized spacial score (nSPS) is 23.0. The van der Waals surface area contributed by atoms with Crippen molar-refractivity contribution in [3.8, 4) is 0 Å². The lowest BCUT2D eigenvalue weighted by atomic mass is 10.0. The second kappa shape index (κ2) is 9.74. The Morgan fingerprint density at radius 3 is 2.71 bits per heavy atom. The zero-order valence-corrected chi connectivity index (χ0v) is 19.0. The molecule has 0 spiro atoms. The Morgan fingerprint density at radius 1 is 1.29 bits per heavy atom. The molecule has 0 aromatic heterocycles. The molecule has 2 saturated heterocycles. The van der Waals surface area contributed by atoms with E-state index in [1.807, 2.05) is 0 Å². The lowest BCUT2D eigenvalue weighted by molar-refractivity contribution is -0.147. The molecule has 2 atom stereocenters. The number of carbonyl (C=O) groups is 4. The van der Waals surface area contributed by atoms with E-state index in [-0.39, 0.29) is 23.6 Å². The number of ether oxygens (including phenoxy) is 1. The van der Waals surface area contributed by atoms with Gasteiger partial charge in [-0.2, -0.15) is 0 Å². The average molecular weight is 485 g/mol. The maximum Gasteiger partial charge on any atom is 0.411 e. The van der Waals surface area contributed by atoms with E-state index in [2.05, 4.69) is 11.9 Å².